The number of aliphatic carboxylic acids is 1. The fraction of sp³-hybridized carbons (Fsp3) is 0.649. The lowest BCUT2D eigenvalue weighted by molar-refractivity contribution is -0.141. The van der Waals surface area contributed by atoms with Crippen LogP contribution in [0.4, 0.5) is 0 Å². The Bertz CT molecular complexity index is 1460. The van der Waals surface area contributed by atoms with Crippen molar-refractivity contribution < 1.29 is 24.3 Å². The Morgan fingerprint density at radius 3 is 2.42 bits per heavy atom. The van der Waals surface area contributed by atoms with Gasteiger partial charge in [-0.3, -0.25) is 24.1 Å². The molecule has 2 saturated carbocycles. The number of nitrogens with one attached hydrogen (secondary N) is 2. The highest BCUT2D eigenvalue weighted by Gasteiger charge is 2.57. The topological polar surface area (TPSA) is 132 Å². The van der Waals surface area contributed by atoms with Crippen LogP contribution in [-0.4, -0.2) is 87.9 Å². The van der Waals surface area contributed by atoms with Crippen LogP contribution >= 0.6 is 11.3 Å². The summed E-state index contributed by atoms with van der Waals surface area (Å²) in [5.41, 5.74) is 0.793. The number of likely N-dealkylation sites (N-methyl/N-ethyl adjacent to an activating group) is 2. The van der Waals surface area contributed by atoms with Crippen LogP contribution in [0.25, 0.3) is 0 Å². The molecule has 7 atom stereocenters. The zero-order valence-electron chi connectivity index (χ0n) is 29.3. The number of carbonyl (C=O) groups excluding carboxylic acids is 3. The highest BCUT2D eigenvalue weighted by atomic mass is 32.1. The van der Waals surface area contributed by atoms with Gasteiger partial charge in [0.2, 0.25) is 11.8 Å². The minimum atomic E-state index is -0.877. The van der Waals surface area contributed by atoms with E-state index >= 15 is 0 Å². The van der Waals surface area contributed by atoms with Gasteiger partial charge in [0.05, 0.1) is 17.0 Å². The summed E-state index contributed by atoms with van der Waals surface area (Å²) >= 11 is 1.44. The molecule has 2 aliphatic carbocycles. The fourth-order valence-corrected chi connectivity index (χ4v) is 8.45. The summed E-state index contributed by atoms with van der Waals surface area (Å²) in [6.07, 6.45) is 6.52. The molecule has 3 amide bonds. The molecule has 48 heavy (non-hydrogen) atoms. The number of carboxylic acids is 1. The first-order chi connectivity index (χ1) is 22.8. The lowest BCUT2D eigenvalue weighted by Crippen LogP contribution is -2.56. The van der Waals surface area contributed by atoms with Crippen molar-refractivity contribution in [1.82, 2.24) is 25.4 Å². The van der Waals surface area contributed by atoms with E-state index in [1.165, 1.54) is 11.3 Å². The van der Waals surface area contributed by atoms with Crippen LogP contribution in [0.3, 0.4) is 0 Å². The van der Waals surface area contributed by atoms with Crippen LogP contribution in [0, 0.1) is 17.8 Å². The molecule has 3 aliphatic rings. The maximum absolute atomic E-state index is 14.0. The normalized spacial score (nSPS) is 25.1. The summed E-state index contributed by atoms with van der Waals surface area (Å²) in [5.74, 6) is -1.45. The van der Waals surface area contributed by atoms with E-state index in [9.17, 15) is 24.3 Å². The molecule has 5 rings (SSSR count). The van der Waals surface area contributed by atoms with Crippen molar-refractivity contribution in [2.45, 2.75) is 115 Å². The van der Waals surface area contributed by atoms with Gasteiger partial charge in [0.1, 0.15) is 11.7 Å². The Labute approximate surface area is 289 Å². The lowest BCUT2D eigenvalue weighted by Gasteiger charge is -2.37. The molecule has 2 heterocycles. The molecule has 1 aromatic carbocycles. The number of rotatable bonds is 15. The minimum absolute atomic E-state index is 0.0111. The number of hydrogen-bond acceptors (Lipinski definition) is 7. The van der Waals surface area contributed by atoms with Crippen LogP contribution in [0.15, 0.2) is 35.7 Å². The summed E-state index contributed by atoms with van der Waals surface area (Å²) in [6.45, 7) is 8.88. The van der Waals surface area contributed by atoms with Gasteiger partial charge in [-0.2, -0.15) is 0 Å². The van der Waals surface area contributed by atoms with E-state index in [0.717, 1.165) is 49.2 Å². The highest BCUT2D eigenvalue weighted by molar-refractivity contribution is 7.09. The third kappa shape index (κ3) is 8.28. The molecule has 11 heteroatoms. The number of likely N-dealkylation sites (tertiary alicyclic amines) is 1. The quantitative estimate of drug-likeness (QED) is 0.234. The van der Waals surface area contributed by atoms with Crippen LogP contribution in [0.1, 0.15) is 112 Å². The van der Waals surface area contributed by atoms with E-state index in [-0.39, 0.29) is 53.5 Å². The molecule has 3 fully saturated rings. The van der Waals surface area contributed by atoms with E-state index in [4.69, 9.17) is 4.98 Å². The van der Waals surface area contributed by atoms with Gasteiger partial charge in [-0.1, -0.05) is 64.4 Å². The van der Waals surface area contributed by atoms with Gasteiger partial charge in [-0.15, -0.1) is 11.3 Å². The second-order valence-electron chi connectivity index (χ2n) is 15.0. The molecule has 3 N–H and O–H groups in total. The van der Waals surface area contributed by atoms with Crippen molar-refractivity contribution in [1.29, 1.82) is 0 Å². The third-order valence-electron chi connectivity index (χ3n) is 10.8. The first kappa shape index (κ1) is 36.0. The first-order valence-corrected chi connectivity index (χ1v) is 18.5. The molecule has 1 aromatic heterocycles. The Kier molecular flexibility index (Phi) is 11.3. The molecule has 0 radical (unpaired) electrons. The third-order valence-corrected chi connectivity index (χ3v) is 11.9. The molecule has 0 bridgehead atoms. The van der Waals surface area contributed by atoms with E-state index in [0.29, 0.717) is 25.0 Å². The Balaban J connectivity index is 1.23. The zero-order chi connectivity index (χ0) is 34.7. The van der Waals surface area contributed by atoms with Gasteiger partial charge < -0.3 is 20.6 Å². The SMILES string of the molecule is CC(C)[C@@H](C[C@@H](C)c1nc(C(=O)NC2(C[C@H](C)C(=O)O)CC2c2ccccc2)cs1)N(C)C(=O)[C@@H](NC(=O)[C@H]1CCCCN1C)C1CC1. The van der Waals surface area contributed by atoms with Crippen molar-refractivity contribution >= 4 is 35.0 Å². The van der Waals surface area contributed by atoms with Crippen molar-refractivity contribution in [2.75, 3.05) is 20.6 Å². The maximum Gasteiger partial charge on any atom is 0.306 e. The van der Waals surface area contributed by atoms with Gasteiger partial charge in [0.25, 0.3) is 5.91 Å². The van der Waals surface area contributed by atoms with Crippen molar-refractivity contribution in [3.8, 4) is 0 Å². The monoisotopic (exact) mass is 679 g/mol. The number of carboxylic acid groups (broad SMARTS) is 1. The second kappa shape index (κ2) is 15.1. The number of thiazole rings is 1. The molecule has 2 unspecified atom stereocenters. The van der Waals surface area contributed by atoms with E-state index in [2.05, 4.69) is 36.3 Å². The van der Waals surface area contributed by atoms with Crippen LogP contribution in [0.5, 0.6) is 0 Å². The first-order valence-electron chi connectivity index (χ1n) is 17.6. The van der Waals surface area contributed by atoms with Gasteiger partial charge in [0.15, 0.2) is 0 Å². The van der Waals surface area contributed by atoms with Crippen molar-refractivity contribution in [3.63, 3.8) is 0 Å². The second-order valence-corrected chi connectivity index (χ2v) is 15.9. The molecule has 0 spiro atoms. The molecule has 1 aliphatic heterocycles. The number of piperidine rings is 1. The van der Waals surface area contributed by atoms with Gasteiger partial charge in [-0.25, -0.2) is 4.98 Å². The summed E-state index contributed by atoms with van der Waals surface area (Å²) in [5, 5.41) is 18.6. The Morgan fingerprint density at radius 2 is 1.79 bits per heavy atom. The number of amides is 3. The summed E-state index contributed by atoms with van der Waals surface area (Å²) in [4.78, 5) is 61.2. The molecule has 2 aromatic rings. The maximum atomic E-state index is 14.0. The molecule has 262 valence electrons. The average Bonchev–Trinajstić information content (AvgIpc) is 3.97. The van der Waals surface area contributed by atoms with Gasteiger partial charge in [-0.05, 0) is 75.9 Å². The lowest BCUT2D eigenvalue weighted by atomic mass is 9.92. The number of aromatic nitrogens is 1. The highest BCUT2D eigenvalue weighted by Crippen LogP contribution is 2.55. The Morgan fingerprint density at radius 1 is 1.08 bits per heavy atom. The average molecular weight is 680 g/mol. The van der Waals surface area contributed by atoms with E-state index in [1.807, 2.05) is 49.3 Å². The largest absolute Gasteiger partial charge is 0.481 e. The van der Waals surface area contributed by atoms with Crippen LogP contribution < -0.4 is 10.6 Å². The minimum Gasteiger partial charge on any atom is -0.481 e. The number of benzene rings is 1. The smallest absolute Gasteiger partial charge is 0.306 e. The molecule has 1 saturated heterocycles. The molecular formula is C37H53N5O5S. The molecule has 10 nitrogen and oxygen atoms in total. The number of carbonyl (C=O) groups is 4. The zero-order valence-corrected chi connectivity index (χ0v) is 30.1. The number of nitrogens with zero attached hydrogens (tertiary/aromatic N) is 3. The van der Waals surface area contributed by atoms with Crippen molar-refractivity contribution in [2.24, 2.45) is 17.8 Å². The Hall–Kier alpha value is -3.31. The standard InChI is InChI=1S/C37H53N5O5S/c1-22(2)30(42(6)35(45)31(26-15-16-26)39-33(44)29-14-10-11-17-41(29)5)18-23(3)34-38-28(21-48-34)32(43)40-37(19-24(4)36(46)47)20-27(37)25-12-8-7-9-13-25/h7-9,12-13,21-24,26-27,29-31H,10-11,14-20H2,1-6H3,(H,39,44)(H,40,43)(H,46,47)/t23-,24+,27?,29-,30-,31+,37?/m1/s1. The van der Waals surface area contributed by atoms with Crippen molar-refractivity contribution in [3.05, 3.63) is 52.0 Å². The van der Waals surface area contributed by atoms with Crippen LogP contribution in [0.2, 0.25) is 0 Å². The van der Waals surface area contributed by atoms with E-state index < -0.39 is 23.5 Å². The molecular weight excluding hydrogens is 627 g/mol. The predicted octanol–water partition coefficient (Wildman–Crippen LogP) is 5.27. The van der Waals surface area contributed by atoms with Crippen LogP contribution in [-0.2, 0) is 14.4 Å². The summed E-state index contributed by atoms with van der Waals surface area (Å²) in [7, 11) is 3.84. The summed E-state index contributed by atoms with van der Waals surface area (Å²) < 4.78 is 0. The van der Waals surface area contributed by atoms with Gasteiger partial charge >= 0.3 is 5.97 Å². The van der Waals surface area contributed by atoms with Gasteiger partial charge in [0, 0.05) is 35.8 Å². The number of hydrogen-bond donors (Lipinski definition) is 3. The fourth-order valence-electron chi connectivity index (χ4n) is 7.57. The summed E-state index contributed by atoms with van der Waals surface area (Å²) in [6, 6.07) is 9.14. The predicted molar refractivity (Wildman–Crippen MR) is 187 cm³/mol. The van der Waals surface area contributed by atoms with E-state index in [1.54, 1.807) is 12.3 Å².